The van der Waals surface area contributed by atoms with Gasteiger partial charge < -0.3 is 9.47 Å². The Morgan fingerprint density at radius 2 is 1.89 bits per heavy atom. The fraction of sp³-hybridized carbons (Fsp3) is 0.538. The minimum atomic E-state index is -4.28. The normalized spacial score (nSPS) is 29.2. The van der Waals surface area contributed by atoms with Crippen LogP contribution in [0.2, 0.25) is 0 Å². The van der Waals surface area contributed by atoms with E-state index in [1.165, 1.54) is 7.11 Å². The van der Waals surface area contributed by atoms with Gasteiger partial charge in [0.1, 0.15) is 5.92 Å². The molecule has 1 aliphatic heterocycles. The molecule has 0 bridgehead atoms. The standard InChI is InChI=1S/C13H15F3O2/c1-17-12-7-11(9-5-3-2-4-6-9)18-8-10(12)13(14,15)16/h2-6,10-12H,7-8H2,1H3. The molecule has 0 saturated carbocycles. The van der Waals surface area contributed by atoms with Crippen molar-refractivity contribution in [3.8, 4) is 0 Å². The van der Waals surface area contributed by atoms with Crippen molar-refractivity contribution in [1.29, 1.82) is 0 Å². The van der Waals surface area contributed by atoms with E-state index in [0.717, 1.165) is 5.56 Å². The second-order valence-electron chi connectivity index (χ2n) is 4.39. The Hall–Kier alpha value is -1.07. The van der Waals surface area contributed by atoms with Crippen molar-refractivity contribution in [1.82, 2.24) is 0 Å². The molecule has 1 saturated heterocycles. The van der Waals surface area contributed by atoms with Crippen LogP contribution in [0.15, 0.2) is 30.3 Å². The lowest BCUT2D eigenvalue weighted by atomic mass is 9.91. The van der Waals surface area contributed by atoms with Gasteiger partial charge in [-0.25, -0.2) is 0 Å². The monoisotopic (exact) mass is 260 g/mol. The van der Waals surface area contributed by atoms with E-state index in [9.17, 15) is 13.2 Å². The van der Waals surface area contributed by atoms with E-state index in [1.807, 2.05) is 30.3 Å². The number of methoxy groups -OCH3 is 1. The molecule has 0 amide bonds. The van der Waals surface area contributed by atoms with E-state index >= 15 is 0 Å². The van der Waals surface area contributed by atoms with E-state index in [1.54, 1.807) is 0 Å². The summed E-state index contributed by atoms with van der Waals surface area (Å²) < 4.78 is 48.6. The third-order valence-corrected chi connectivity index (χ3v) is 3.27. The topological polar surface area (TPSA) is 18.5 Å². The second-order valence-corrected chi connectivity index (χ2v) is 4.39. The number of hydrogen-bond donors (Lipinski definition) is 0. The van der Waals surface area contributed by atoms with Crippen LogP contribution in [0.25, 0.3) is 0 Å². The van der Waals surface area contributed by atoms with Gasteiger partial charge in [-0.1, -0.05) is 30.3 Å². The van der Waals surface area contributed by atoms with Gasteiger partial charge in [-0.2, -0.15) is 13.2 Å². The highest BCUT2D eigenvalue weighted by Crippen LogP contribution is 2.39. The summed E-state index contributed by atoms with van der Waals surface area (Å²) in [6.07, 6.45) is -5.22. The third kappa shape index (κ3) is 2.84. The van der Waals surface area contributed by atoms with E-state index in [-0.39, 0.29) is 19.1 Å². The molecule has 0 aromatic heterocycles. The first-order valence-electron chi connectivity index (χ1n) is 5.78. The first-order chi connectivity index (χ1) is 8.52. The number of halogens is 3. The van der Waals surface area contributed by atoms with E-state index in [2.05, 4.69) is 0 Å². The Balaban J connectivity index is 2.10. The highest BCUT2D eigenvalue weighted by atomic mass is 19.4. The molecule has 0 radical (unpaired) electrons. The van der Waals surface area contributed by atoms with Crippen molar-refractivity contribution in [3.05, 3.63) is 35.9 Å². The summed E-state index contributed by atoms with van der Waals surface area (Å²) >= 11 is 0. The Kier molecular flexibility index (Phi) is 3.92. The summed E-state index contributed by atoms with van der Waals surface area (Å²) in [6, 6.07) is 9.25. The molecule has 0 spiro atoms. The summed E-state index contributed by atoms with van der Waals surface area (Å²) in [5.41, 5.74) is 0.889. The van der Waals surface area contributed by atoms with Gasteiger partial charge in [0.2, 0.25) is 0 Å². The molecule has 2 rings (SSSR count). The molecular weight excluding hydrogens is 245 g/mol. The molecular formula is C13H15F3O2. The van der Waals surface area contributed by atoms with Gasteiger partial charge in [0.05, 0.1) is 18.8 Å². The summed E-state index contributed by atoms with van der Waals surface area (Å²) in [5.74, 6) is -1.54. The molecule has 0 N–H and O–H groups in total. The second kappa shape index (κ2) is 5.28. The lowest BCUT2D eigenvalue weighted by Gasteiger charge is -2.36. The third-order valence-electron chi connectivity index (χ3n) is 3.27. The van der Waals surface area contributed by atoms with Crippen LogP contribution >= 0.6 is 0 Å². The predicted octanol–water partition coefficient (Wildman–Crippen LogP) is 3.34. The molecule has 1 aromatic rings. The smallest absolute Gasteiger partial charge is 0.381 e. The highest BCUT2D eigenvalue weighted by molar-refractivity contribution is 5.18. The summed E-state index contributed by atoms with van der Waals surface area (Å²) in [7, 11) is 1.32. The predicted molar refractivity (Wildman–Crippen MR) is 60.1 cm³/mol. The van der Waals surface area contributed by atoms with E-state index < -0.39 is 18.2 Å². The lowest BCUT2D eigenvalue weighted by Crippen LogP contribution is -2.43. The molecule has 1 aliphatic rings. The largest absolute Gasteiger partial charge is 0.396 e. The van der Waals surface area contributed by atoms with Crippen LogP contribution in [0.5, 0.6) is 0 Å². The minimum Gasteiger partial charge on any atom is -0.381 e. The molecule has 3 unspecified atom stereocenters. The zero-order valence-electron chi connectivity index (χ0n) is 9.98. The first kappa shape index (κ1) is 13.4. The molecule has 18 heavy (non-hydrogen) atoms. The van der Waals surface area contributed by atoms with Crippen molar-refractivity contribution in [2.24, 2.45) is 5.92 Å². The first-order valence-corrected chi connectivity index (χ1v) is 5.78. The number of ether oxygens (including phenoxy) is 2. The van der Waals surface area contributed by atoms with Gasteiger partial charge in [0, 0.05) is 13.5 Å². The zero-order chi connectivity index (χ0) is 13.2. The van der Waals surface area contributed by atoms with E-state index in [0.29, 0.717) is 0 Å². The molecule has 5 heteroatoms. The van der Waals surface area contributed by atoms with Crippen molar-refractivity contribution in [3.63, 3.8) is 0 Å². The molecule has 1 aromatic carbocycles. The van der Waals surface area contributed by atoms with E-state index in [4.69, 9.17) is 9.47 Å². The van der Waals surface area contributed by atoms with Crippen molar-refractivity contribution < 1.29 is 22.6 Å². The van der Waals surface area contributed by atoms with Gasteiger partial charge in [0.25, 0.3) is 0 Å². The highest BCUT2D eigenvalue weighted by Gasteiger charge is 2.48. The summed E-state index contributed by atoms with van der Waals surface area (Å²) in [6.45, 7) is -0.346. The molecule has 3 atom stereocenters. The van der Waals surface area contributed by atoms with Crippen molar-refractivity contribution in [2.75, 3.05) is 13.7 Å². The fourth-order valence-corrected chi connectivity index (χ4v) is 2.24. The number of benzene rings is 1. The summed E-state index contributed by atoms with van der Waals surface area (Å²) in [5, 5.41) is 0. The Morgan fingerprint density at radius 3 is 2.44 bits per heavy atom. The van der Waals surface area contributed by atoms with Gasteiger partial charge in [-0.05, 0) is 5.56 Å². The van der Waals surface area contributed by atoms with Crippen LogP contribution in [0.3, 0.4) is 0 Å². The maximum absolute atomic E-state index is 12.7. The van der Waals surface area contributed by atoms with Crippen LogP contribution in [0.4, 0.5) is 13.2 Å². The Bertz CT molecular complexity index is 378. The number of alkyl halides is 3. The zero-order valence-corrected chi connectivity index (χ0v) is 9.98. The minimum absolute atomic E-state index is 0.227. The molecule has 1 fully saturated rings. The van der Waals surface area contributed by atoms with Gasteiger partial charge >= 0.3 is 6.18 Å². The Morgan fingerprint density at radius 1 is 1.22 bits per heavy atom. The maximum Gasteiger partial charge on any atom is 0.396 e. The van der Waals surface area contributed by atoms with Crippen molar-refractivity contribution in [2.45, 2.75) is 24.8 Å². The molecule has 100 valence electrons. The molecule has 1 heterocycles. The average molecular weight is 260 g/mol. The van der Waals surface area contributed by atoms with Crippen molar-refractivity contribution >= 4 is 0 Å². The number of rotatable bonds is 2. The van der Waals surface area contributed by atoms with Gasteiger partial charge in [-0.3, -0.25) is 0 Å². The molecule has 0 aliphatic carbocycles. The van der Waals surface area contributed by atoms with Crippen LogP contribution in [0.1, 0.15) is 18.1 Å². The molecule has 2 nitrogen and oxygen atoms in total. The fourth-order valence-electron chi connectivity index (χ4n) is 2.24. The average Bonchev–Trinajstić information content (AvgIpc) is 2.38. The summed E-state index contributed by atoms with van der Waals surface area (Å²) in [4.78, 5) is 0. The lowest BCUT2D eigenvalue weighted by molar-refractivity contribution is -0.243. The SMILES string of the molecule is COC1CC(c2ccccc2)OCC1C(F)(F)F. The quantitative estimate of drug-likeness (QED) is 0.812. The van der Waals surface area contributed by atoms with Crippen LogP contribution in [0, 0.1) is 5.92 Å². The van der Waals surface area contributed by atoms with Crippen LogP contribution in [-0.2, 0) is 9.47 Å². The van der Waals surface area contributed by atoms with Gasteiger partial charge in [-0.15, -0.1) is 0 Å². The maximum atomic E-state index is 12.7. The van der Waals surface area contributed by atoms with Crippen LogP contribution < -0.4 is 0 Å². The number of hydrogen-bond acceptors (Lipinski definition) is 2. The van der Waals surface area contributed by atoms with Gasteiger partial charge in [0.15, 0.2) is 0 Å². The van der Waals surface area contributed by atoms with Crippen LogP contribution in [-0.4, -0.2) is 26.0 Å². The Labute approximate surface area is 104 Å².